The molecule has 226 valence electrons. The summed E-state index contributed by atoms with van der Waals surface area (Å²) < 4.78 is 52.0. The second-order valence-corrected chi connectivity index (χ2v) is 11.9. The highest BCUT2D eigenvalue weighted by Crippen LogP contribution is 2.42. The number of phenolic OH excluding ortho intramolecular Hbond substituents is 1. The molecule has 1 amide bonds. The van der Waals surface area contributed by atoms with Crippen LogP contribution in [0, 0.1) is 24.0 Å². The first kappa shape index (κ1) is 28.3. The first-order chi connectivity index (χ1) is 21.3. The van der Waals surface area contributed by atoms with Gasteiger partial charge >= 0.3 is 6.01 Å². The summed E-state index contributed by atoms with van der Waals surface area (Å²) in [5, 5.41) is 11.3. The van der Waals surface area contributed by atoms with Crippen molar-refractivity contribution in [1.82, 2.24) is 19.9 Å². The number of aromatic hydroxyl groups is 1. The van der Waals surface area contributed by atoms with E-state index >= 15 is 4.39 Å². The number of fused-ring (bicyclic) bond motifs is 3. The first-order valence-electron chi connectivity index (χ1n) is 14.9. The van der Waals surface area contributed by atoms with Gasteiger partial charge in [0.2, 0.25) is 5.91 Å². The number of aromatic nitrogens is 3. The number of amides is 1. The van der Waals surface area contributed by atoms with E-state index in [1.54, 1.807) is 0 Å². The number of carbonyl (C=O) groups is 1. The van der Waals surface area contributed by atoms with E-state index in [1.165, 1.54) is 35.4 Å². The fourth-order valence-corrected chi connectivity index (χ4v) is 7.09. The van der Waals surface area contributed by atoms with Gasteiger partial charge in [-0.1, -0.05) is 18.4 Å². The summed E-state index contributed by atoms with van der Waals surface area (Å²) in [5.41, 5.74) is -0.869. The molecule has 3 saturated heterocycles. The largest absolute Gasteiger partial charge is 0.508 e. The number of pyridine rings is 1. The van der Waals surface area contributed by atoms with E-state index in [0.29, 0.717) is 31.3 Å². The number of hydrogen-bond donors (Lipinski definition) is 1. The van der Waals surface area contributed by atoms with Crippen LogP contribution in [0.25, 0.3) is 32.9 Å². The Hall–Kier alpha value is -4.43. The van der Waals surface area contributed by atoms with Gasteiger partial charge in [0.05, 0.1) is 16.5 Å². The zero-order valence-electron chi connectivity index (χ0n) is 24.0. The number of alkyl halides is 1. The Morgan fingerprint density at radius 2 is 2.00 bits per heavy atom. The monoisotopic (exact) mass is 601 g/mol. The summed E-state index contributed by atoms with van der Waals surface area (Å²) in [6.07, 6.45) is 10.7. The van der Waals surface area contributed by atoms with Crippen LogP contribution in [0.3, 0.4) is 0 Å². The van der Waals surface area contributed by atoms with Crippen LogP contribution in [0.5, 0.6) is 11.8 Å². The Morgan fingerprint density at radius 1 is 1.14 bits per heavy atom. The van der Waals surface area contributed by atoms with Crippen LogP contribution in [-0.2, 0) is 4.79 Å². The molecule has 0 unspecified atom stereocenters. The van der Waals surface area contributed by atoms with Crippen molar-refractivity contribution < 1.29 is 27.8 Å². The summed E-state index contributed by atoms with van der Waals surface area (Å²) in [6, 6.07) is 5.18. The van der Waals surface area contributed by atoms with Crippen molar-refractivity contribution in [2.24, 2.45) is 0 Å². The molecule has 3 aliphatic heterocycles. The molecule has 8 nitrogen and oxygen atoms in total. The maximum atomic E-state index is 16.7. The predicted octanol–water partition coefficient (Wildman–Crippen LogP) is 5.67. The lowest BCUT2D eigenvalue weighted by Crippen LogP contribution is -2.43. The van der Waals surface area contributed by atoms with Gasteiger partial charge in [0.25, 0.3) is 0 Å². The Bertz CT molecular complexity index is 1860. The summed E-state index contributed by atoms with van der Waals surface area (Å²) in [7, 11) is 0. The van der Waals surface area contributed by atoms with Gasteiger partial charge in [-0.2, -0.15) is 9.97 Å². The van der Waals surface area contributed by atoms with Crippen LogP contribution in [0.1, 0.15) is 50.5 Å². The van der Waals surface area contributed by atoms with Gasteiger partial charge in [-0.05, 0) is 55.8 Å². The molecule has 3 aliphatic rings. The first-order valence-corrected chi connectivity index (χ1v) is 14.9. The Morgan fingerprint density at radius 3 is 2.84 bits per heavy atom. The van der Waals surface area contributed by atoms with Crippen molar-refractivity contribution in [2.45, 2.75) is 56.7 Å². The zero-order chi connectivity index (χ0) is 30.6. The topological polar surface area (TPSA) is 91.7 Å². The number of benzene rings is 2. The van der Waals surface area contributed by atoms with Crippen LogP contribution in [0.15, 0.2) is 30.5 Å². The number of hydrogen-bond acceptors (Lipinski definition) is 7. The van der Waals surface area contributed by atoms with E-state index in [0.717, 1.165) is 38.6 Å². The normalized spacial score (nSPS) is 22.4. The summed E-state index contributed by atoms with van der Waals surface area (Å²) in [4.78, 5) is 30.2. The van der Waals surface area contributed by atoms with Crippen LogP contribution in [0.2, 0.25) is 0 Å². The SMILES string of the molecule is C#Cc1c(F)ccc2cc(O)cc(-c3ncc4c(N5CCCCCC5=O)nc(OC[C@@]56CCCN5C[C@H](F)C6)nc4c3F)c12. The van der Waals surface area contributed by atoms with E-state index in [4.69, 9.17) is 11.2 Å². The molecule has 7 rings (SSSR count). The minimum Gasteiger partial charge on any atom is -0.508 e. The molecule has 0 saturated carbocycles. The van der Waals surface area contributed by atoms with Crippen LogP contribution < -0.4 is 9.64 Å². The Labute approximate surface area is 251 Å². The van der Waals surface area contributed by atoms with E-state index in [2.05, 4.69) is 25.8 Å². The minimum atomic E-state index is -0.956. The summed E-state index contributed by atoms with van der Waals surface area (Å²) >= 11 is 0. The summed E-state index contributed by atoms with van der Waals surface area (Å²) in [6.45, 7) is 1.62. The van der Waals surface area contributed by atoms with Crippen molar-refractivity contribution in [2.75, 3.05) is 31.1 Å². The third kappa shape index (κ3) is 4.68. The predicted molar refractivity (Wildman–Crippen MR) is 159 cm³/mol. The van der Waals surface area contributed by atoms with Crippen molar-refractivity contribution >= 4 is 33.4 Å². The van der Waals surface area contributed by atoms with E-state index in [-0.39, 0.29) is 63.2 Å². The number of anilines is 1. The fraction of sp³-hybridized carbons (Fsp3) is 0.394. The highest BCUT2D eigenvalue weighted by Gasteiger charge is 2.49. The smallest absolute Gasteiger partial charge is 0.319 e. The molecule has 2 aromatic carbocycles. The van der Waals surface area contributed by atoms with Gasteiger partial charge in [0, 0.05) is 43.1 Å². The van der Waals surface area contributed by atoms with E-state index in [1.807, 2.05) is 0 Å². The highest BCUT2D eigenvalue weighted by atomic mass is 19.1. The van der Waals surface area contributed by atoms with Gasteiger partial charge in [0.1, 0.15) is 35.6 Å². The Kier molecular flexibility index (Phi) is 7.04. The van der Waals surface area contributed by atoms with Gasteiger partial charge in [-0.15, -0.1) is 6.42 Å². The minimum absolute atomic E-state index is 0.0840. The quantitative estimate of drug-likeness (QED) is 0.295. The molecule has 0 radical (unpaired) electrons. The molecule has 4 aromatic rings. The van der Waals surface area contributed by atoms with Crippen molar-refractivity contribution in [3.8, 4) is 35.4 Å². The number of carbonyl (C=O) groups excluding carboxylic acids is 1. The molecular weight excluding hydrogens is 571 g/mol. The zero-order valence-corrected chi connectivity index (χ0v) is 24.0. The molecule has 0 bridgehead atoms. The van der Waals surface area contributed by atoms with Gasteiger partial charge in [0.15, 0.2) is 11.6 Å². The molecule has 3 fully saturated rings. The number of rotatable bonds is 5. The lowest BCUT2D eigenvalue weighted by molar-refractivity contribution is -0.118. The molecule has 0 aliphatic carbocycles. The van der Waals surface area contributed by atoms with Crippen LogP contribution in [-0.4, -0.2) is 68.8 Å². The third-order valence-corrected chi connectivity index (χ3v) is 9.15. The standard InChI is InChI=1S/C33H30F3N5O3/c1-2-22-25(35)9-8-19-13-21(42)14-23(27(19)22)29-28(36)30-24(16-37-29)31(41-12-5-3-4-7-26(41)43)39-32(38-30)44-18-33-10-6-11-40(33)17-20(34)15-33/h1,8-9,13-14,16,20,42H,3-7,10-12,15,17-18H2/t20-,33+/m1/s1. The number of phenols is 1. The number of ether oxygens (including phenoxy) is 1. The van der Waals surface area contributed by atoms with Gasteiger partial charge in [-0.3, -0.25) is 19.6 Å². The van der Waals surface area contributed by atoms with Crippen LogP contribution in [0.4, 0.5) is 19.0 Å². The molecule has 2 aromatic heterocycles. The second-order valence-electron chi connectivity index (χ2n) is 11.9. The van der Waals surface area contributed by atoms with Crippen LogP contribution >= 0.6 is 0 Å². The van der Waals surface area contributed by atoms with Crippen molar-refractivity contribution in [3.63, 3.8) is 0 Å². The summed E-state index contributed by atoms with van der Waals surface area (Å²) in [5.74, 6) is 0.636. The van der Waals surface area contributed by atoms with Gasteiger partial charge in [-0.25, -0.2) is 13.2 Å². The average Bonchev–Trinajstić information content (AvgIpc) is 3.44. The maximum Gasteiger partial charge on any atom is 0.319 e. The molecule has 11 heteroatoms. The lowest BCUT2D eigenvalue weighted by atomic mass is 9.95. The van der Waals surface area contributed by atoms with E-state index in [9.17, 15) is 18.7 Å². The molecule has 1 N–H and O–H groups in total. The van der Waals surface area contributed by atoms with Gasteiger partial charge < -0.3 is 9.84 Å². The third-order valence-electron chi connectivity index (χ3n) is 9.15. The highest BCUT2D eigenvalue weighted by molar-refractivity contribution is 6.05. The molecule has 44 heavy (non-hydrogen) atoms. The molecule has 0 spiro atoms. The molecule has 5 heterocycles. The molecule has 2 atom stereocenters. The number of halogens is 3. The van der Waals surface area contributed by atoms with E-state index < -0.39 is 23.3 Å². The number of terminal acetylenes is 1. The lowest BCUT2D eigenvalue weighted by Gasteiger charge is -2.31. The fourth-order valence-electron chi connectivity index (χ4n) is 7.09. The second kappa shape index (κ2) is 10.9. The molecular formula is C33H30F3N5O3. The maximum absolute atomic E-state index is 16.7. The van der Waals surface area contributed by atoms with Crippen molar-refractivity contribution in [3.05, 3.63) is 47.7 Å². The Balaban J connectivity index is 1.40. The number of nitrogens with zero attached hydrogens (tertiary/aromatic N) is 5. The average molecular weight is 602 g/mol. The van der Waals surface area contributed by atoms with Crippen molar-refractivity contribution in [1.29, 1.82) is 0 Å².